The first-order valence-electron chi connectivity index (χ1n) is 4.59. The molecule has 2 nitrogen and oxygen atoms in total. The second kappa shape index (κ2) is 4.88. The summed E-state index contributed by atoms with van der Waals surface area (Å²) < 4.78 is 41.5. The van der Waals surface area contributed by atoms with E-state index in [9.17, 15) is 13.2 Å². The van der Waals surface area contributed by atoms with Crippen molar-refractivity contribution < 1.29 is 17.9 Å². The van der Waals surface area contributed by atoms with Crippen molar-refractivity contribution in [3.8, 4) is 11.8 Å². The molecule has 0 aromatic heterocycles. The molecule has 16 heavy (non-hydrogen) atoms. The molecule has 0 bridgehead atoms. The molecule has 0 aliphatic carbocycles. The highest BCUT2D eigenvalue weighted by atomic mass is 19.4. The standard InChI is InChI=1S/C11H10F3NO/c1-8-2-4-10(5-3-8)16-7-9(6-15)11(12,13)14/h2-5,9H,7H2,1H3. The predicted octanol–water partition coefficient (Wildman–Crippen LogP) is 3.08. The Labute approximate surface area is 91.3 Å². The number of halogens is 3. The minimum absolute atomic E-state index is 0.329. The molecule has 1 rings (SSSR count). The number of hydrogen-bond donors (Lipinski definition) is 0. The van der Waals surface area contributed by atoms with E-state index in [1.807, 2.05) is 6.92 Å². The first-order valence-corrected chi connectivity index (χ1v) is 4.59. The lowest BCUT2D eigenvalue weighted by Crippen LogP contribution is -2.27. The van der Waals surface area contributed by atoms with E-state index in [0.29, 0.717) is 5.75 Å². The Kier molecular flexibility index (Phi) is 3.78. The minimum Gasteiger partial charge on any atom is -0.492 e. The lowest BCUT2D eigenvalue weighted by molar-refractivity contribution is -0.165. The summed E-state index contributed by atoms with van der Waals surface area (Å²) >= 11 is 0. The van der Waals surface area contributed by atoms with Crippen molar-refractivity contribution in [2.75, 3.05) is 6.61 Å². The molecule has 0 fully saturated rings. The fourth-order valence-corrected chi connectivity index (χ4v) is 1.02. The second-order valence-corrected chi connectivity index (χ2v) is 3.35. The topological polar surface area (TPSA) is 33.0 Å². The van der Waals surface area contributed by atoms with Crippen LogP contribution in [0.4, 0.5) is 13.2 Å². The van der Waals surface area contributed by atoms with Gasteiger partial charge < -0.3 is 4.74 Å². The molecular formula is C11H10F3NO. The highest BCUT2D eigenvalue weighted by molar-refractivity contribution is 5.26. The number of benzene rings is 1. The molecule has 0 spiro atoms. The number of nitriles is 1. The van der Waals surface area contributed by atoms with E-state index in [2.05, 4.69) is 0 Å². The Hall–Kier alpha value is -1.70. The SMILES string of the molecule is Cc1ccc(OCC(C#N)C(F)(F)F)cc1. The van der Waals surface area contributed by atoms with Crippen LogP contribution in [0.1, 0.15) is 5.56 Å². The number of rotatable bonds is 3. The zero-order valence-electron chi connectivity index (χ0n) is 8.58. The molecule has 0 amide bonds. The fraction of sp³-hybridized carbons (Fsp3) is 0.364. The van der Waals surface area contributed by atoms with Gasteiger partial charge in [0.05, 0.1) is 6.07 Å². The third-order valence-corrected chi connectivity index (χ3v) is 1.99. The van der Waals surface area contributed by atoms with Crippen molar-refractivity contribution in [1.82, 2.24) is 0 Å². The summed E-state index contributed by atoms with van der Waals surface area (Å²) in [6.45, 7) is 1.18. The fourth-order valence-electron chi connectivity index (χ4n) is 1.02. The average Bonchev–Trinajstić information content (AvgIpc) is 2.19. The largest absolute Gasteiger partial charge is 0.492 e. The van der Waals surface area contributed by atoms with Gasteiger partial charge in [0.1, 0.15) is 12.4 Å². The average molecular weight is 229 g/mol. The van der Waals surface area contributed by atoms with Crippen molar-refractivity contribution in [3.05, 3.63) is 29.8 Å². The van der Waals surface area contributed by atoms with E-state index in [-0.39, 0.29) is 0 Å². The molecule has 0 saturated carbocycles. The van der Waals surface area contributed by atoms with Gasteiger partial charge in [-0.3, -0.25) is 0 Å². The summed E-state index contributed by atoms with van der Waals surface area (Å²) in [5, 5.41) is 8.33. The van der Waals surface area contributed by atoms with Gasteiger partial charge in [-0.15, -0.1) is 0 Å². The lowest BCUT2D eigenvalue weighted by atomic mass is 10.2. The molecule has 5 heteroatoms. The Morgan fingerprint density at radius 3 is 2.31 bits per heavy atom. The van der Waals surface area contributed by atoms with Gasteiger partial charge in [0, 0.05) is 0 Å². The van der Waals surface area contributed by atoms with Crippen LogP contribution < -0.4 is 4.74 Å². The molecule has 0 aliphatic rings. The van der Waals surface area contributed by atoms with Crippen molar-refractivity contribution in [1.29, 1.82) is 5.26 Å². The summed E-state index contributed by atoms with van der Waals surface area (Å²) in [4.78, 5) is 0. The summed E-state index contributed by atoms with van der Waals surface area (Å²) in [5.74, 6) is -1.76. The molecule has 0 saturated heterocycles. The van der Waals surface area contributed by atoms with Gasteiger partial charge in [-0.25, -0.2) is 0 Å². The van der Waals surface area contributed by atoms with Crippen LogP contribution in [0, 0.1) is 24.2 Å². The molecule has 86 valence electrons. The molecule has 1 atom stereocenters. The maximum atomic E-state index is 12.2. The van der Waals surface area contributed by atoms with Gasteiger partial charge in [0.25, 0.3) is 0 Å². The van der Waals surface area contributed by atoms with Gasteiger partial charge in [-0.2, -0.15) is 18.4 Å². The summed E-state index contributed by atoms with van der Waals surface area (Å²) in [7, 11) is 0. The van der Waals surface area contributed by atoms with Crippen LogP contribution in [0.2, 0.25) is 0 Å². The zero-order chi connectivity index (χ0) is 12.2. The summed E-state index contributed by atoms with van der Waals surface area (Å²) in [6, 6.07) is 7.77. The van der Waals surface area contributed by atoms with E-state index in [0.717, 1.165) is 5.56 Å². The smallest absolute Gasteiger partial charge is 0.407 e. The van der Waals surface area contributed by atoms with Crippen molar-refractivity contribution in [3.63, 3.8) is 0 Å². The monoisotopic (exact) mass is 229 g/mol. The highest BCUT2D eigenvalue weighted by Crippen LogP contribution is 2.26. The van der Waals surface area contributed by atoms with Gasteiger partial charge in [-0.05, 0) is 19.1 Å². The third-order valence-electron chi connectivity index (χ3n) is 1.99. The maximum absolute atomic E-state index is 12.2. The van der Waals surface area contributed by atoms with Gasteiger partial charge in [-0.1, -0.05) is 17.7 Å². The molecular weight excluding hydrogens is 219 g/mol. The minimum atomic E-state index is -4.54. The van der Waals surface area contributed by atoms with Crippen molar-refractivity contribution in [2.45, 2.75) is 13.1 Å². The normalized spacial score (nSPS) is 12.9. The Morgan fingerprint density at radius 1 is 1.31 bits per heavy atom. The van der Waals surface area contributed by atoms with Gasteiger partial charge >= 0.3 is 6.18 Å². The molecule has 1 unspecified atom stereocenters. The van der Waals surface area contributed by atoms with Crippen LogP contribution in [0.15, 0.2) is 24.3 Å². The number of hydrogen-bond acceptors (Lipinski definition) is 2. The lowest BCUT2D eigenvalue weighted by Gasteiger charge is -2.14. The maximum Gasteiger partial charge on any atom is 0.407 e. The Bertz CT molecular complexity index is 378. The number of ether oxygens (including phenoxy) is 1. The Balaban J connectivity index is 2.57. The van der Waals surface area contributed by atoms with E-state index in [4.69, 9.17) is 10.00 Å². The third kappa shape index (κ3) is 3.46. The van der Waals surface area contributed by atoms with Crippen molar-refractivity contribution in [2.24, 2.45) is 5.92 Å². The summed E-state index contributed by atoms with van der Waals surface area (Å²) in [5.41, 5.74) is 0.986. The first kappa shape index (κ1) is 12.4. The quantitative estimate of drug-likeness (QED) is 0.797. The van der Waals surface area contributed by atoms with Crippen LogP contribution in [0.3, 0.4) is 0 Å². The van der Waals surface area contributed by atoms with Crippen LogP contribution >= 0.6 is 0 Å². The highest BCUT2D eigenvalue weighted by Gasteiger charge is 2.40. The molecule has 1 aromatic rings. The molecule has 0 heterocycles. The summed E-state index contributed by atoms with van der Waals surface area (Å²) in [6.07, 6.45) is -4.54. The van der Waals surface area contributed by atoms with Crippen LogP contribution in [0.5, 0.6) is 5.75 Å². The molecule has 0 N–H and O–H groups in total. The van der Waals surface area contributed by atoms with E-state index in [1.54, 1.807) is 24.3 Å². The van der Waals surface area contributed by atoms with Gasteiger partial charge in [0.2, 0.25) is 0 Å². The van der Waals surface area contributed by atoms with E-state index in [1.165, 1.54) is 6.07 Å². The predicted molar refractivity (Wildman–Crippen MR) is 51.8 cm³/mol. The second-order valence-electron chi connectivity index (χ2n) is 3.35. The van der Waals surface area contributed by atoms with Crippen LogP contribution in [-0.2, 0) is 0 Å². The first-order chi connectivity index (χ1) is 7.43. The Morgan fingerprint density at radius 2 is 1.88 bits per heavy atom. The zero-order valence-corrected chi connectivity index (χ0v) is 8.58. The molecule has 0 aliphatic heterocycles. The van der Waals surface area contributed by atoms with Gasteiger partial charge in [0.15, 0.2) is 5.92 Å². The van der Waals surface area contributed by atoms with Crippen LogP contribution in [0.25, 0.3) is 0 Å². The van der Waals surface area contributed by atoms with E-state index < -0.39 is 18.7 Å². The van der Waals surface area contributed by atoms with Crippen LogP contribution in [-0.4, -0.2) is 12.8 Å². The number of aryl methyl sites for hydroxylation is 1. The number of nitrogens with zero attached hydrogens (tertiary/aromatic N) is 1. The number of alkyl halides is 3. The van der Waals surface area contributed by atoms with Crippen molar-refractivity contribution >= 4 is 0 Å². The van der Waals surface area contributed by atoms with E-state index >= 15 is 0 Å². The molecule has 1 aromatic carbocycles. The molecule has 0 radical (unpaired) electrons.